The first-order valence-corrected chi connectivity index (χ1v) is 6.00. The maximum absolute atomic E-state index is 12.1. The third-order valence-corrected chi connectivity index (χ3v) is 2.75. The van der Waals surface area contributed by atoms with E-state index in [0.29, 0.717) is 0 Å². The molecule has 0 radical (unpaired) electrons. The number of esters is 1. The lowest BCUT2D eigenvalue weighted by atomic mass is 10.4. The highest BCUT2D eigenvalue weighted by molar-refractivity contribution is 7.11. The van der Waals surface area contributed by atoms with Crippen molar-refractivity contribution in [2.75, 3.05) is 20.2 Å². The second-order valence-electron chi connectivity index (χ2n) is 3.34. The van der Waals surface area contributed by atoms with Crippen molar-refractivity contribution < 1.29 is 23.1 Å². The second kappa shape index (κ2) is 6.39. The Morgan fingerprint density at radius 1 is 1.56 bits per heavy atom. The first-order valence-electron chi connectivity index (χ1n) is 5.12. The zero-order valence-electron chi connectivity index (χ0n) is 9.85. The fourth-order valence-corrected chi connectivity index (χ4v) is 1.83. The predicted molar refractivity (Wildman–Crippen MR) is 61.0 cm³/mol. The van der Waals surface area contributed by atoms with Gasteiger partial charge in [0.25, 0.3) is 12.3 Å². The zero-order valence-corrected chi connectivity index (χ0v) is 10.7. The number of thiazole rings is 1. The first kappa shape index (κ1) is 14.5. The number of amides is 1. The highest BCUT2D eigenvalue weighted by Gasteiger charge is 2.20. The Morgan fingerprint density at radius 3 is 2.78 bits per heavy atom. The van der Waals surface area contributed by atoms with E-state index in [4.69, 9.17) is 4.74 Å². The summed E-state index contributed by atoms with van der Waals surface area (Å²) in [7, 11) is 1.25. The van der Waals surface area contributed by atoms with Gasteiger partial charge in [0.05, 0.1) is 13.2 Å². The minimum absolute atomic E-state index is 0.0330. The Hall–Kier alpha value is -1.57. The molecule has 0 aromatic carbocycles. The maximum Gasteiger partial charge on any atom is 0.367 e. The van der Waals surface area contributed by atoms with Gasteiger partial charge in [-0.3, -0.25) is 4.79 Å². The van der Waals surface area contributed by atoms with Crippen LogP contribution in [0.3, 0.4) is 0 Å². The van der Waals surface area contributed by atoms with Gasteiger partial charge in [-0.15, -0.1) is 11.3 Å². The number of hydrogen-bond donors (Lipinski definition) is 0. The van der Waals surface area contributed by atoms with Crippen molar-refractivity contribution in [2.45, 2.75) is 13.3 Å². The third-order valence-electron chi connectivity index (χ3n) is 1.93. The molecule has 18 heavy (non-hydrogen) atoms. The Labute approximate surface area is 106 Å². The van der Waals surface area contributed by atoms with E-state index in [1.165, 1.54) is 12.4 Å². The third kappa shape index (κ3) is 3.73. The molecule has 0 spiro atoms. The van der Waals surface area contributed by atoms with Crippen molar-refractivity contribution in [2.24, 2.45) is 0 Å². The minimum atomic E-state index is -2.61. The van der Waals surface area contributed by atoms with Gasteiger partial charge in [-0.1, -0.05) is 0 Å². The fourth-order valence-electron chi connectivity index (χ4n) is 1.14. The van der Waals surface area contributed by atoms with Gasteiger partial charge in [-0.25, -0.2) is 18.6 Å². The van der Waals surface area contributed by atoms with Crippen LogP contribution < -0.4 is 0 Å². The van der Waals surface area contributed by atoms with Crippen LogP contribution in [0.25, 0.3) is 0 Å². The molecule has 0 unspecified atom stereocenters. The SMILES string of the molecule is CCOC(=O)c1nc(C(=O)N(C)CC(F)F)cs1. The molecule has 1 rings (SSSR count). The lowest BCUT2D eigenvalue weighted by Crippen LogP contribution is -2.31. The normalized spacial score (nSPS) is 10.5. The summed E-state index contributed by atoms with van der Waals surface area (Å²) < 4.78 is 28.9. The molecule has 5 nitrogen and oxygen atoms in total. The van der Waals surface area contributed by atoms with E-state index in [1.54, 1.807) is 6.92 Å². The molecular formula is C10H12F2N2O3S. The summed E-state index contributed by atoms with van der Waals surface area (Å²) in [6.07, 6.45) is -2.61. The van der Waals surface area contributed by atoms with Gasteiger partial charge in [0, 0.05) is 12.4 Å². The summed E-state index contributed by atoms with van der Waals surface area (Å²) in [6, 6.07) is 0. The number of hydrogen-bond acceptors (Lipinski definition) is 5. The molecule has 1 heterocycles. The van der Waals surface area contributed by atoms with E-state index in [2.05, 4.69) is 4.98 Å². The van der Waals surface area contributed by atoms with Gasteiger partial charge in [0.2, 0.25) is 5.01 Å². The summed E-state index contributed by atoms with van der Waals surface area (Å²) >= 11 is 0.942. The monoisotopic (exact) mass is 278 g/mol. The maximum atomic E-state index is 12.1. The van der Waals surface area contributed by atoms with Gasteiger partial charge in [0.15, 0.2) is 0 Å². The molecular weight excluding hydrogens is 266 g/mol. The Kier molecular flexibility index (Phi) is 5.14. The van der Waals surface area contributed by atoms with Crippen LogP contribution in [0.4, 0.5) is 8.78 Å². The quantitative estimate of drug-likeness (QED) is 0.768. The molecule has 1 aromatic heterocycles. The van der Waals surface area contributed by atoms with Crippen LogP contribution >= 0.6 is 11.3 Å². The average Bonchev–Trinajstić information content (AvgIpc) is 2.76. The van der Waals surface area contributed by atoms with Gasteiger partial charge < -0.3 is 9.64 Å². The molecule has 0 saturated carbocycles. The van der Waals surface area contributed by atoms with Crippen LogP contribution in [0.1, 0.15) is 27.2 Å². The lowest BCUT2D eigenvalue weighted by Gasteiger charge is -2.14. The van der Waals surface area contributed by atoms with Crippen molar-refractivity contribution in [3.8, 4) is 0 Å². The molecule has 100 valence electrons. The van der Waals surface area contributed by atoms with Crippen molar-refractivity contribution in [3.05, 3.63) is 16.1 Å². The summed E-state index contributed by atoms with van der Waals surface area (Å²) in [6.45, 7) is 1.17. The Bertz CT molecular complexity index is 437. The molecule has 0 bridgehead atoms. The summed E-state index contributed by atoms with van der Waals surface area (Å²) in [5.41, 5.74) is -0.0359. The van der Waals surface area contributed by atoms with Crippen LogP contribution in [0.15, 0.2) is 5.38 Å². The fraction of sp³-hybridized carbons (Fsp3) is 0.500. The van der Waals surface area contributed by atoms with Gasteiger partial charge in [-0.05, 0) is 6.92 Å². The van der Waals surface area contributed by atoms with Gasteiger partial charge in [0.1, 0.15) is 5.69 Å². The zero-order chi connectivity index (χ0) is 13.7. The smallest absolute Gasteiger partial charge is 0.367 e. The number of carbonyl (C=O) groups excluding carboxylic acids is 2. The van der Waals surface area contributed by atoms with Crippen LogP contribution in [0, 0.1) is 0 Å². The summed E-state index contributed by atoms with van der Waals surface area (Å²) in [5.74, 6) is -1.28. The molecule has 0 atom stereocenters. The molecule has 0 fully saturated rings. The standard InChI is InChI=1S/C10H12F2N2O3S/c1-3-17-10(16)8-13-6(5-18-8)9(15)14(2)4-7(11)12/h5,7H,3-4H2,1-2H3. The molecule has 8 heteroatoms. The molecule has 0 saturated heterocycles. The molecule has 0 aliphatic rings. The van der Waals surface area contributed by atoms with E-state index in [9.17, 15) is 18.4 Å². The van der Waals surface area contributed by atoms with E-state index in [-0.39, 0.29) is 17.3 Å². The first-order chi connectivity index (χ1) is 8.45. The minimum Gasteiger partial charge on any atom is -0.461 e. The number of alkyl halides is 2. The summed E-state index contributed by atoms with van der Waals surface area (Å²) in [4.78, 5) is 27.6. The topological polar surface area (TPSA) is 59.5 Å². The number of halogens is 2. The summed E-state index contributed by atoms with van der Waals surface area (Å²) in [5, 5.41) is 1.38. The van der Waals surface area contributed by atoms with Gasteiger partial charge >= 0.3 is 5.97 Å². The van der Waals surface area contributed by atoms with Gasteiger partial charge in [-0.2, -0.15) is 0 Å². The molecule has 0 aliphatic heterocycles. The predicted octanol–water partition coefficient (Wildman–Crippen LogP) is 1.66. The molecule has 1 aromatic rings. The highest BCUT2D eigenvalue weighted by atomic mass is 32.1. The van der Waals surface area contributed by atoms with E-state index in [1.807, 2.05) is 0 Å². The molecule has 1 amide bonds. The van der Waals surface area contributed by atoms with Crippen LogP contribution in [0.2, 0.25) is 0 Å². The van der Waals surface area contributed by atoms with Crippen molar-refractivity contribution in [1.29, 1.82) is 0 Å². The Morgan fingerprint density at radius 2 is 2.22 bits per heavy atom. The number of nitrogens with zero attached hydrogens (tertiary/aromatic N) is 2. The molecule has 0 N–H and O–H groups in total. The Balaban J connectivity index is 2.73. The van der Waals surface area contributed by atoms with Crippen LogP contribution in [-0.4, -0.2) is 48.4 Å². The lowest BCUT2D eigenvalue weighted by molar-refractivity contribution is 0.0525. The highest BCUT2D eigenvalue weighted by Crippen LogP contribution is 2.13. The average molecular weight is 278 g/mol. The van der Waals surface area contributed by atoms with Crippen molar-refractivity contribution in [1.82, 2.24) is 9.88 Å². The number of carbonyl (C=O) groups is 2. The van der Waals surface area contributed by atoms with Crippen LogP contribution in [-0.2, 0) is 4.74 Å². The van der Waals surface area contributed by atoms with E-state index in [0.717, 1.165) is 16.2 Å². The number of aromatic nitrogens is 1. The van der Waals surface area contributed by atoms with Crippen LogP contribution in [0.5, 0.6) is 0 Å². The largest absolute Gasteiger partial charge is 0.461 e. The molecule has 0 aliphatic carbocycles. The van der Waals surface area contributed by atoms with Crippen molar-refractivity contribution >= 4 is 23.2 Å². The number of rotatable bonds is 5. The van der Waals surface area contributed by atoms with E-state index < -0.39 is 24.8 Å². The van der Waals surface area contributed by atoms with E-state index >= 15 is 0 Å². The number of ether oxygens (including phenoxy) is 1. The van der Waals surface area contributed by atoms with Crippen molar-refractivity contribution in [3.63, 3.8) is 0 Å². The second-order valence-corrected chi connectivity index (χ2v) is 4.19.